The number of rotatable bonds is 2. The lowest BCUT2D eigenvalue weighted by Gasteiger charge is -2.02. The predicted octanol–water partition coefficient (Wildman–Crippen LogP) is 2.95. The first-order chi connectivity index (χ1) is 7.79. The summed E-state index contributed by atoms with van der Waals surface area (Å²) in [6.07, 6.45) is 2.02. The molecule has 0 atom stereocenters. The van der Waals surface area contributed by atoms with Crippen LogP contribution in [0.4, 0.5) is 4.39 Å². The molecule has 3 heteroatoms. The summed E-state index contributed by atoms with van der Waals surface area (Å²) in [7, 11) is 0. The second-order valence-corrected chi connectivity index (χ2v) is 3.39. The summed E-state index contributed by atoms with van der Waals surface area (Å²) in [4.78, 5) is 4.19. The topological polar surface area (TPSA) is 36.7 Å². The maximum atomic E-state index is 12.7. The minimum Gasteiger partial charge on any atom is -0.256 e. The minimum atomic E-state index is -0.267. The van der Waals surface area contributed by atoms with Gasteiger partial charge in [-0.05, 0) is 42.0 Å². The molecular formula is C13H9FN2. The Morgan fingerprint density at radius 1 is 1.19 bits per heavy atom. The molecule has 2 nitrogen and oxygen atoms in total. The Hall–Kier alpha value is -2.21. The van der Waals surface area contributed by atoms with Crippen molar-refractivity contribution in [1.82, 2.24) is 4.98 Å². The first-order valence-corrected chi connectivity index (χ1v) is 4.87. The van der Waals surface area contributed by atoms with Crippen molar-refractivity contribution in [2.75, 3.05) is 0 Å². The van der Waals surface area contributed by atoms with Gasteiger partial charge in [0, 0.05) is 11.8 Å². The van der Waals surface area contributed by atoms with Gasteiger partial charge in [0.25, 0.3) is 0 Å². The zero-order valence-electron chi connectivity index (χ0n) is 8.52. The van der Waals surface area contributed by atoms with Gasteiger partial charge in [-0.2, -0.15) is 5.26 Å². The Kier molecular flexibility index (Phi) is 2.93. The maximum Gasteiger partial charge on any atom is 0.123 e. The smallest absolute Gasteiger partial charge is 0.123 e. The van der Waals surface area contributed by atoms with E-state index >= 15 is 0 Å². The van der Waals surface area contributed by atoms with E-state index in [1.54, 1.807) is 24.4 Å². The van der Waals surface area contributed by atoms with Gasteiger partial charge < -0.3 is 0 Å². The average molecular weight is 212 g/mol. The number of pyridine rings is 1. The van der Waals surface area contributed by atoms with Crippen molar-refractivity contribution in [3.8, 4) is 17.3 Å². The number of hydrogen-bond acceptors (Lipinski definition) is 2. The summed E-state index contributed by atoms with van der Waals surface area (Å²) in [5.41, 5.74) is 2.52. The molecule has 1 aromatic heterocycles. The fourth-order valence-corrected chi connectivity index (χ4v) is 1.45. The zero-order valence-corrected chi connectivity index (χ0v) is 8.52. The van der Waals surface area contributed by atoms with Crippen molar-refractivity contribution in [3.63, 3.8) is 0 Å². The average Bonchev–Trinajstić information content (AvgIpc) is 2.31. The molecule has 0 fully saturated rings. The van der Waals surface area contributed by atoms with Crippen LogP contribution in [0.15, 0.2) is 42.6 Å². The molecule has 0 amide bonds. The highest BCUT2D eigenvalue weighted by molar-refractivity contribution is 5.59. The van der Waals surface area contributed by atoms with Crippen molar-refractivity contribution < 1.29 is 4.39 Å². The van der Waals surface area contributed by atoms with E-state index in [1.165, 1.54) is 12.1 Å². The molecule has 0 aliphatic carbocycles. The third-order valence-corrected chi connectivity index (χ3v) is 2.25. The second kappa shape index (κ2) is 4.54. The van der Waals surface area contributed by atoms with Crippen LogP contribution in [0.3, 0.4) is 0 Å². The molecule has 2 aromatic rings. The van der Waals surface area contributed by atoms with Crippen LogP contribution in [0, 0.1) is 17.1 Å². The molecule has 2 rings (SSSR count). The number of hydrogen-bond donors (Lipinski definition) is 0. The van der Waals surface area contributed by atoms with Gasteiger partial charge >= 0.3 is 0 Å². The maximum absolute atomic E-state index is 12.7. The number of nitrogens with zero attached hydrogens (tertiary/aromatic N) is 2. The molecule has 0 saturated heterocycles. The molecular weight excluding hydrogens is 203 g/mol. The number of aromatic nitrogens is 1. The highest BCUT2D eigenvalue weighted by atomic mass is 19.1. The Morgan fingerprint density at radius 2 is 1.94 bits per heavy atom. The van der Waals surface area contributed by atoms with Gasteiger partial charge in [-0.3, -0.25) is 4.98 Å². The van der Waals surface area contributed by atoms with E-state index < -0.39 is 0 Å². The van der Waals surface area contributed by atoms with E-state index in [2.05, 4.69) is 11.1 Å². The molecule has 0 aliphatic rings. The van der Waals surface area contributed by atoms with Crippen LogP contribution in [-0.4, -0.2) is 4.98 Å². The van der Waals surface area contributed by atoms with Crippen molar-refractivity contribution in [2.24, 2.45) is 0 Å². The van der Waals surface area contributed by atoms with E-state index in [0.717, 1.165) is 16.8 Å². The van der Waals surface area contributed by atoms with E-state index in [4.69, 9.17) is 5.26 Å². The number of halogens is 1. The van der Waals surface area contributed by atoms with Crippen molar-refractivity contribution >= 4 is 0 Å². The summed E-state index contributed by atoms with van der Waals surface area (Å²) in [6.45, 7) is 0. The molecule has 78 valence electrons. The minimum absolute atomic E-state index is 0.267. The molecule has 0 bridgehead atoms. The first-order valence-electron chi connectivity index (χ1n) is 4.87. The van der Waals surface area contributed by atoms with Gasteiger partial charge in [0.1, 0.15) is 5.82 Å². The third kappa shape index (κ3) is 2.23. The quantitative estimate of drug-likeness (QED) is 0.767. The molecule has 0 aliphatic heterocycles. The van der Waals surface area contributed by atoms with Crippen molar-refractivity contribution in [2.45, 2.75) is 6.42 Å². The standard InChI is InChI=1S/C13H9FN2/c14-12-3-1-11(2-4-12)13-9-10(5-7-15)6-8-16-13/h1-4,6,8-9H,5H2. The second-order valence-electron chi connectivity index (χ2n) is 3.39. The van der Waals surface area contributed by atoms with E-state index in [0.29, 0.717) is 6.42 Å². The lowest BCUT2D eigenvalue weighted by atomic mass is 10.1. The number of nitriles is 1. The third-order valence-electron chi connectivity index (χ3n) is 2.25. The fraction of sp³-hybridized carbons (Fsp3) is 0.0769. The van der Waals surface area contributed by atoms with Gasteiger partial charge in [0.2, 0.25) is 0 Å². The van der Waals surface area contributed by atoms with Crippen LogP contribution in [0.2, 0.25) is 0 Å². The SMILES string of the molecule is N#CCc1ccnc(-c2ccc(F)cc2)c1. The molecule has 0 radical (unpaired) electrons. The van der Waals surface area contributed by atoms with Crippen LogP contribution in [0.25, 0.3) is 11.3 Å². The normalized spacial score (nSPS) is 9.75. The molecule has 0 N–H and O–H groups in total. The molecule has 1 aromatic carbocycles. The Balaban J connectivity index is 2.37. The van der Waals surface area contributed by atoms with Gasteiger partial charge in [-0.15, -0.1) is 0 Å². The number of benzene rings is 1. The van der Waals surface area contributed by atoms with Crippen molar-refractivity contribution in [1.29, 1.82) is 5.26 Å². The van der Waals surface area contributed by atoms with Crippen LogP contribution >= 0.6 is 0 Å². The lowest BCUT2D eigenvalue weighted by molar-refractivity contribution is 0.628. The van der Waals surface area contributed by atoms with Crippen LogP contribution in [0.1, 0.15) is 5.56 Å². The summed E-state index contributed by atoms with van der Waals surface area (Å²) >= 11 is 0. The van der Waals surface area contributed by atoms with Gasteiger partial charge in [0.15, 0.2) is 0 Å². The lowest BCUT2D eigenvalue weighted by Crippen LogP contribution is -1.87. The Labute approximate surface area is 93.0 Å². The fourth-order valence-electron chi connectivity index (χ4n) is 1.45. The van der Waals surface area contributed by atoms with Gasteiger partial charge in [-0.1, -0.05) is 0 Å². The summed E-state index contributed by atoms with van der Waals surface area (Å²) < 4.78 is 12.7. The molecule has 0 unspecified atom stereocenters. The largest absolute Gasteiger partial charge is 0.256 e. The summed E-state index contributed by atoms with van der Waals surface area (Å²) in [6, 6.07) is 11.9. The molecule has 1 heterocycles. The van der Waals surface area contributed by atoms with Gasteiger partial charge in [0.05, 0.1) is 18.2 Å². The van der Waals surface area contributed by atoms with Crippen LogP contribution in [-0.2, 0) is 6.42 Å². The van der Waals surface area contributed by atoms with Crippen molar-refractivity contribution in [3.05, 3.63) is 54.0 Å². The molecule has 0 saturated carbocycles. The highest BCUT2D eigenvalue weighted by Crippen LogP contribution is 2.18. The Morgan fingerprint density at radius 3 is 2.62 bits per heavy atom. The summed E-state index contributed by atoms with van der Waals surface area (Å²) in [5.74, 6) is -0.267. The summed E-state index contributed by atoms with van der Waals surface area (Å²) in [5, 5.41) is 8.60. The molecule has 16 heavy (non-hydrogen) atoms. The highest BCUT2D eigenvalue weighted by Gasteiger charge is 2.00. The predicted molar refractivity (Wildman–Crippen MR) is 58.9 cm³/mol. The van der Waals surface area contributed by atoms with E-state index in [9.17, 15) is 4.39 Å². The first kappa shape index (κ1) is 10.3. The van der Waals surface area contributed by atoms with E-state index in [-0.39, 0.29) is 5.82 Å². The zero-order chi connectivity index (χ0) is 11.4. The van der Waals surface area contributed by atoms with Crippen LogP contribution in [0.5, 0.6) is 0 Å². The van der Waals surface area contributed by atoms with E-state index in [1.807, 2.05) is 6.07 Å². The molecule has 0 spiro atoms. The van der Waals surface area contributed by atoms with Crippen LogP contribution < -0.4 is 0 Å². The van der Waals surface area contributed by atoms with Gasteiger partial charge in [-0.25, -0.2) is 4.39 Å². The Bertz CT molecular complexity index is 526. The monoisotopic (exact) mass is 212 g/mol.